The number of anilines is 1. The van der Waals surface area contributed by atoms with Crippen molar-refractivity contribution in [3.8, 4) is 0 Å². The summed E-state index contributed by atoms with van der Waals surface area (Å²) in [5.41, 5.74) is -0.953. The summed E-state index contributed by atoms with van der Waals surface area (Å²) in [6.45, 7) is -1.56. The molecule has 0 aliphatic carbocycles. The zero-order chi connectivity index (χ0) is 16.2. The first-order valence-electron chi connectivity index (χ1n) is 5.51. The Morgan fingerprint density at radius 1 is 0.857 bits per heavy atom. The largest absolute Gasteiger partial charge is 0.480 e. The molecule has 0 amide bonds. The number of hydrogen-bond donors (Lipinski definition) is 4. The number of benzene rings is 1. The maximum Gasteiger partial charge on any atom is 0.337 e. The summed E-state index contributed by atoms with van der Waals surface area (Å²) in [6, 6.07) is 2.95. The van der Waals surface area contributed by atoms with E-state index >= 15 is 0 Å². The molecule has 0 aliphatic rings. The zero-order valence-corrected chi connectivity index (χ0v) is 10.5. The Labute approximate surface area is 117 Å². The monoisotopic (exact) mass is 297 g/mol. The zero-order valence-electron chi connectivity index (χ0n) is 10.5. The van der Waals surface area contributed by atoms with Gasteiger partial charge >= 0.3 is 23.9 Å². The molecule has 0 bridgehead atoms. The average Bonchev–Trinajstić information content (AvgIpc) is 2.35. The van der Waals surface area contributed by atoms with Crippen LogP contribution in [-0.2, 0) is 9.59 Å². The lowest BCUT2D eigenvalue weighted by Crippen LogP contribution is -2.35. The van der Waals surface area contributed by atoms with Crippen LogP contribution < -0.4 is 4.90 Å². The van der Waals surface area contributed by atoms with E-state index in [0.29, 0.717) is 0 Å². The fourth-order valence-electron chi connectivity index (χ4n) is 1.66. The number of carboxylic acid groups (broad SMARTS) is 4. The van der Waals surface area contributed by atoms with Gasteiger partial charge in [-0.1, -0.05) is 0 Å². The van der Waals surface area contributed by atoms with Crippen LogP contribution in [0.25, 0.3) is 0 Å². The number of rotatable bonds is 7. The van der Waals surface area contributed by atoms with E-state index in [1.54, 1.807) is 0 Å². The van der Waals surface area contributed by atoms with Gasteiger partial charge in [0.1, 0.15) is 13.1 Å². The van der Waals surface area contributed by atoms with Gasteiger partial charge in [-0.3, -0.25) is 9.59 Å². The summed E-state index contributed by atoms with van der Waals surface area (Å²) in [4.78, 5) is 44.3. The van der Waals surface area contributed by atoms with Gasteiger partial charge in [-0.2, -0.15) is 0 Å². The fourth-order valence-corrected chi connectivity index (χ4v) is 1.66. The molecule has 9 heteroatoms. The Morgan fingerprint density at radius 3 is 1.76 bits per heavy atom. The van der Waals surface area contributed by atoms with Crippen molar-refractivity contribution in [3.63, 3.8) is 0 Å². The van der Waals surface area contributed by atoms with Gasteiger partial charge in [0, 0.05) is 0 Å². The van der Waals surface area contributed by atoms with E-state index in [4.69, 9.17) is 20.4 Å². The van der Waals surface area contributed by atoms with Crippen molar-refractivity contribution < 1.29 is 39.6 Å². The first-order valence-corrected chi connectivity index (χ1v) is 5.51. The molecule has 9 nitrogen and oxygen atoms in total. The molecule has 0 heterocycles. The van der Waals surface area contributed by atoms with Crippen molar-refractivity contribution in [2.75, 3.05) is 18.0 Å². The first-order chi connectivity index (χ1) is 9.72. The number of nitrogens with zero attached hydrogens (tertiary/aromatic N) is 1. The van der Waals surface area contributed by atoms with Crippen molar-refractivity contribution in [2.24, 2.45) is 0 Å². The highest BCUT2D eigenvalue weighted by Crippen LogP contribution is 2.23. The smallest absolute Gasteiger partial charge is 0.337 e. The van der Waals surface area contributed by atoms with E-state index in [1.165, 1.54) is 0 Å². The molecule has 0 aliphatic heterocycles. The van der Waals surface area contributed by atoms with E-state index < -0.39 is 37.0 Å². The molecule has 4 N–H and O–H groups in total. The van der Waals surface area contributed by atoms with Crippen molar-refractivity contribution in [2.45, 2.75) is 0 Å². The molecule has 0 aromatic heterocycles. The van der Waals surface area contributed by atoms with Crippen LogP contribution in [0.1, 0.15) is 20.7 Å². The predicted octanol–water partition coefficient (Wildman–Crippen LogP) is 0.0586. The average molecular weight is 297 g/mol. The van der Waals surface area contributed by atoms with Crippen LogP contribution in [0.2, 0.25) is 0 Å². The Morgan fingerprint density at radius 2 is 1.38 bits per heavy atom. The molecular weight excluding hydrogens is 286 g/mol. The topological polar surface area (TPSA) is 152 Å². The SMILES string of the molecule is O=C(O)CN(CC(=O)O)c1cc(C(=O)O)ccc1C(=O)O. The van der Waals surface area contributed by atoms with Gasteiger partial charge in [-0.15, -0.1) is 0 Å². The Kier molecular flexibility index (Phi) is 4.84. The van der Waals surface area contributed by atoms with Gasteiger partial charge in [0.25, 0.3) is 0 Å². The highest BCUT2D eigenvalue weighted by atomic mass is 16.4. The van der Waals surface area contributed by atoms with Gasteiger partial charge in [0.2, 0.25) is 0 Å². The summed E-state index contributed by atoms with van der Waals surface area (Å²) in [5, 5.41) is 35.5. The Bertz CT molecular complexity index is 593. The van der Waals surface area contributed by atoms with Crippen LogP contribution in [0.15, 0.2) is 18.2 Å². The molecule has 0 radical (unpaired) electrons. The van der Waals surface area contributed by atoms with Crippen LogP contribution in [0.3, 0.4) is 0 Å². The molecule has 0 unspecified atom stereocenters. The number of hydrogen-bond acceptors (Lipinski definition) is 5. The number of aromatic carboxylic acids is 2. The minimum Gasteiger partial charge on any atom is -0.480 e. The summed E-state index contributed by atoms with van der Waals surface area (Å²) < 4.78 is 0. The summed E-state index contributed by atoms with van der Waals surface area (Å²) >= 11 is 0. The van der Waals surface area contributed by atoms with E-state index in [2.05, 4.69) is 0 Å². The predicted molar refractivity (Wildman–Crippen MR) is 67.8 cm³/mol. The third kappa shape index (κ3) is 4.20. The summed E-state index contributed by atoms with van der Waals surface area (Å²) in [7, 11) is 0. The quantitative estimate of drug-likeness (QED) is 0.547. The van der Waals surface area contributed by atoms with Gasteiger partial charge in [0.15, 0.2) is 0 Å². The molecule has 0 atom stereocenters. The van der Waals surface area contributed by atoms with E-state index in [0.717, 1.165) is 23.1 Å². The second kappa shape index (κ2) is 6.37. The van der Waals surface area contributed by atoms with Crippen LogP contribution in [0.4, 0.5) is 5.69 Å². The second-order valence-corrected chi connectivity index (χ2v) is 3.99. The molecular formula is C12H11NO8. The minimum absolute atomic E-state index is 0.282. The molecule has 1 aromatic rings. The lowest BCUT2D eigenvalue weighted by Gasteiger charge is -2.22. The second-order valence-electron chi connectivity index (χ2n) is 3.99. The first kappa shape index (κ1) is 16.0. The lowest BCUT2D eigenvalue weighted by atomic mass is 10.1. The number of carboxylic acids is 4. The van der Waals surface area contributed by atoms with Crippen molar-refractivity contribution >= 4 is 29.6 Å². The number of aliphatic carboxylic acids is 2. The maximum atomic E-state index is 11.1. The lowest BCUT2D eigenvalue weighted by molar-refractivity contribution is -0.136. The molecule has 1 aromatic carbocycles. The highest BCUT2D eigenvalue weighted by Gasteiger charge is 2.22. The molecule has 0 saturated heterocycles. The van der Waals surface area contributed by atoms with Gasteiger partial charge in [-0.05, 0) is 18.2 Å². The standard InChI is InChI=1S/C12H11NO8/c14-9(15)4-13(5-10(16)17)8-3-6(11(18)19)1-2-7(8)12(20)21/h1-3H,4-5H2,(H,14,15)(H,16,17)(H,18,19)(H,20,21). The van der Waals surface area contributed by atoms with E-state index in [1.807, 2.05) is 0 Å². The van der Waals surface area contributed by atoms with Crippen molar-refractivity contribution in [1.82, 2.24) is 0 Å². The van der Waals surface area contributed by atoms with Crippen molar-refractivity contribution in [3.05, 3.63) is 29.3 Å². The Balaban J connectivity index is 3.40. The molecule has 21 heavy (non-hydrogen) atoms. The molecule has 0 saturated carbocycles. The van der Waals surface area contributed by atoms with E-state index in [9.17, 15) is 19.2 Å². The summed E-state index contributed by atoms with van der Waals surface area (Å²) in [6.07, 6.45) is 0. The summed E-state index contributed by atoms with van der Waals surface area (Å²) in [5.74, 6) is -5.54. The van der Waals surface area contributed by atoms with Crippen LogP contribution in [0.5, 0.6) is 0 Å². The minimum atomic E-state index is -1.43. The number of carbonyl (C=O) groups is 4. The normalized spacial score (nSPS) is 9.90. The van der Waals surface area contributed by atoms with Gasteiger partial charge in [-0.25, -0.2) is 9.59 Å². The molecule has 112 valence electrons. The maximum absolute atomic E-state index is 11.1. The Hall–Kier alpha value is -3.10. The molecule has 0 spiro atoms. The van der Waals surface area contributed by atoms with Gasteiger partial charge in [0.05, 0.1) is 16.8 Å². The highest BCUT2D eigenvalue weighted by molar-refractivity contribution is 5.99. The van der Waals surface area contributed by atoms with Crippen LogP contribution in [0, 0.1) is 0 Å². The fraction of sp³-hybridized carbons (Fsp3) is 0.167. The van der Waals surface area contributed by atoms with Crippen LogP contribution in [-0.4, -0.2) is 57.4 Å². The van der Waals surface area contributed by atoms with Crippen LogP contribution >= 0.6 is 0 Å². The molecule has 1 rings (SSSR count). The van der Waals surface area contributed by atoms with Crippen molar-refractivity contribution in [1.29, 1.82) is 0 Å². The molecule has 0 fully saturated rings. The van der Waals surface area contributed by atoms with E-state index in [-0.39, 0.29) is 16.8 Å². The third-order valence-corrected chi connectivity index (χ3v) is 2.47. The third-order valence-electron chi connectivity index (χ3n) is 2.47. The van der Waals surface area contributed by atoms with Gasteiger partial charge < -0.3 is 25.3 Å².